The Morgan fingerprint density at radius 1 is 1.10 bits per heavy atom. The van der Waals surface area contributed by atoms with E-state index >= 15 is 0 Å². The summed E-state index contributed by atoms with van der Waals surface area (Å²) < 4.78 is 54.9. The molecular weight excluding hydrogens is 300 g/mol. The Kier molecular flexibility index (Phi) is 3.91. The van der Waals surface area contributed by atoms with Gasteiger partial charge in [0.25, 0.3) is 0 Å². The maximum absolute atomic E-state index is 13.6. The normalized spacial score (nSPS) is 11.0. The quantitative estimate of drug-likeness (QED) is 0.874. The lowest BCUT2D eigenvalue weighted by atomic mass is 10.2. The highest BCUT2D eigenvalue weighted by Crippen LogP contribution is 2.29. The van der Waals surface area contributed by atoms with Crippen molar-refractivity contribution in [1.82, 2.24) is 0 Å². The van der Waals surface area contributed by atoms with Crippen LogP contribution >= 0.6 is 0 Å². The third-order valence-electron chi connectivity index (χ3n) is 2.60. The highest BCUT2D eigenvalue weighted by Gasteiger charge is 2.14. The molecule has 2 aromatic rings. The topological polar surface area (TPSA) is 67.2 Å². The Hall–Kier alpha value is -2.46. The molecular formula is C14H9F2NO3S. The number of ether oxygens (including phenoxy) is 1. The van der Waals surface area contributed by atoms with E-state index in [0.717, 1.165) is 18.4 Å². The van der Waals surface area contributed by atoms with Gasteiger partial charge in [0.2, 0.25) is 0 Å². The molecule has 0 fully saturated rings. The van der Waals surface area contributed by atoms with Crippen LogP contribution < -0.4 is 4.74 Å². The molecule has 0 aliphatic carbocycles. The number of nitriles is 1. The molecule has 4 nitrogen and oxygen atoms in total. The molecule has 0 unspecified atom stereocenters. The number of sulfone groups is 1. The lowest BCUT2D eigenvalue weighted by Crippen LogP contribution is -1.97. The van der Waals surface area contributed by atoms with Crippen LogP contribution in [0.3, 0.4) is 0 Å². The van der Waals surface area contributed by atoms with Gasteiger partial charge in [0.1, 0.15) is 5.75 Å². The summed E-state index contributed by atoms with van der Waals surface area (Å²) in [5.74, 6) is -2.61. The summed E-state index contributed by atoms with van der Waals surface area (Å²) >= 11 is 0. The molecule has 0 saturated heterocycles. The molecule has 2 aromatic carbocycles. The summed E-state index contributed by atoms with van der Waals surface area (Å²) in [6.07, 6.45) is 1.04. The molecule has 0 spiro atoms. The first-order valence-electron chi connectivity index (χ1n) is 5.68. The van der Waals surface area contributed by atoms with Crippen molar-refractivity contribution < 1.29 is 21.9 Å². The van der Waals surface area contributed by atoms with Crippen LogP contribution in [0, 0.1) is 23.0 Å². The van der Waals surface area contributed by atoms with Gasteiger partial charge in [0.05, 0.1) is 16.5 Å². The van der Waals surface area contributed by atoms with Crippen LogP contribution in [0.4, 0.5) is 8.78 Å². The number of nitrogens with zero attached hydrogens (tertiary/aromatic N) is 1. The first kappa shape index (κ1) is 14.9. The number of hydrogen-bond donors (Lipinski definition) is 0. The molecule has 0 heterocycles. The number of hydrogen-bond acceptors (Lipinski definition) is 4. The summed E-state index contributed by atoms with van der Waals surface area (Å²) in [6.45, 7) is 0. The van der Waals surface area contributed by atoms with Gasteiger partial charge in [-0.05, 0) is 36.4 Å². The maximum Gasteiger partial charge on any atom is 0.198 e. The van der Waals surface area contributed by atoms with Crippen LogP contribution in [0.5, 0.6) is 11.5 Å². The van der Waals surface area contributed by atoms with Crippen molar-refractivity contribution >= 4 is 9.84 Å². The van der Waals surface area contributed by atoms with Crippen molar-refractivity contribution in [3.05, 3.63) is 53.6 Å². The number of rotatable bonds is 3. The standard InChI is InChI=1S/C14H9F2NO3S/c1-21(18,19)11-4-2-10(3-5-11)20-14-12(15)6-9(8-17)7-13(14)16/h2-7H,1H3. The largest absolute Gasteiger partial charge is 0.451 e. The molecule has 0 atom stereocenters. The van der Waals surface area contributed by atoms with E-state index in [9.17, 15) is 17.2 Å². The van der Waals surface area contributed by atoms with E-state index in [2.05, 4.69) is 0 Å². The zero-order chi connectivity index (χ0) is 15.6. The van der Waals surface area contributed by atoms with Crippen molar-refractivity contribution in [1.29, 1.82) is 5.26 Å². The third kappa shape index (κ3) is 3.35. The van der Waals surface area contributed by atoms with Gasteiger partial charge in [-0.15, -0.1) is 0 Å². The van der Waals surface area contributed by atoms with E-state index in [1.54, 1.807) is 6.07 Å². The van der Waals surface area contributed by atoms with E-state index < -0.39 is 27.2 Å². The average molecular weight is 309 g/mol. The first-order chi connectivity index (χ1) is 9.81. The van der Waals surface area contributed by atoms with Crippen LogP contribution in [-0.2, 0) is 9.84 Å². The predicted molar refractivity (Wildman–Crippen MR) is 70.7 cm³/mol. The molecule has 108 valence electrons. The average Bonchev–Trinajstić information content (AvgIpc) is 2.42. The van der Waals surface area contributed by atoms with Crippen molar-refractivity contribution in [3.8, 4) is 17.6 Å². The third-order valence-corrected chi connectivity index (χ3v) is 3.73. The fourth-order valence-electron chi connectivity index (χ4n) is 1.59. The van der Waals surface area contributed by atoms with E-state index in [1.807, 2.05) is 0 Å². The monoisotopic (exact) mass is 309 g/mol. The molecule has 0 saturated carbocycles. The summed E-state index contributed by atoms with van der Waals surface area (Å²) in [6, 6.07) is 8.43. The second-order valence-electron chi connectivity index (χ2n) is 4.23. The number of halogens is 2. The van der Waals surface area contributed by atoms with Crippen LogP contribution in [0.15, 0.2) is 41.3 Å². The Morgan fingerprint density at radius 2 is 1.62 bits per heavy atom. The first-order valence-corrected chi connectivity index (χ1v) is 7.57. The molecule has 0 radical (unpaired) electrons. The second-order valence-corrected chi connectivity index (χ2v) is 6.24. The lowest BCUT2D eigenvalue weighted by Gasteiger charge is -2.08. The summed E-state index contributed by atoms with van der Waals surface area (Å²) in [7, 11) is -3.36. The minimum Gasteiger partial charge on any atom is -0.451 e. The zero-order valence-corrected chi connectivity index (χ0v) is 11.6. The van der Waals surface area contributed by atoms with Gasteiger partial charge in [-0.3, -0.25) is 0 Å². The lowest BCUT2D eigenvalue weighted by molar-refractivity contribution is 0.407. The van der Waals surface area contributed by atoms with E-state index in [1.165, 1.54) is 24.3 Å². The summed E-state index contributed by atoms with van der Waals surface area (Å²) in [5.41, 5.74) is -0.162. The van der Waals surface area contributed by atoms with Gasteiger partial charge in [-0.25, -0.2) is 17.2 Å². The van der Waals surface area contributed by atoms with Crippen LogP contribution in [0.1, 0.15) is 5.56 Å². The summed E-state index contributed by atoms with van der Waals surface area (Å²) in [5, 5.41) is 8.59. The molecule has 2 rings (SSSR count). The van der Waals surface area contributed by atoms with E-state index in [4.69, 9.17) is 10.00 Å². The van der Waals surface area contributed by atoms with Gasteiger partial charge in [0.15, 0.2) is 27.2 Å². The van der Waals surface area contributed by atoms with Gasteiger partial charge in [-0.2, -0.15) is 5.26 Å². The Labute approximate surface area is 120 Å². The molecule has 0 aliphatic rings. The minimum atomic E-state index is -3.36. The van der Waals surface area contributed by atoms with E-state index in [0.29, 0.717) is 0 Å². The Balaban J connectivity index is 2.33. The number of benzene rings is 2. The maximum atomic E-state index is 13.6. The van der Waals surface area contributed by atoms with Crippen LogP contribution in [0.2, 0.25) is 0 Å². The van der Waals surface area contributed by atoms with Gasteiger partial charge in [-0.1, -0.05) is 0 Å². The minimum absolute atomic E-state index is 0.0654. The molecule has 21 heavy (non-hydrogen) atoms. The zero-order valence-electron chi connectivity index (χ0n) is 10.8. The molecule has 0 amide bonds. The highest BCUT2D eigenvalue weighted by atomic mass is 32.2. The van der Waals surface area contributed by atoms with Crippen LogP contribution in [-0.4, -0.2) is 14.7 Å². The Morgan fingerprint density at radius 3 is 2.05 bits per heavy atom. The van der Waals surface area contributed by atoms with Gasteiger partial charge < -0.3 is 4.74 Å². The smallest absolute Gasteiger partial charge is 0.198 e. The molecule has 0 N–H and O–H groups in total. The van der Waals surface area contributed by atoms with E-state index in [-0.39, 0.29) is 16.2 Å². The fourth-order valence-corrected chi connectivity index (χ4v) is 2.23. The van der Waals surface area contributed by atoms with Crippen LogP contribution in [0.25, 0.3) is 0 Å². The second kappa shape index (κ2) is 5.50. The van der Waals surface area contributed by atoms with Gasteiger partial charge in [0, 0.05) is 6.26 Å². The van der Waals surface area contributed by atoms with Gasteiger partial charge >= 0.3 is 0 Å². The fraction of sp³-hybridized carbons (Fsp3) is 0.0714. The predicted octanol–water partition coefficient (Wildman–Crippen LogP) is 3.03. The molecule has 0 bridgehead atoms. The molecule has 0 aliphatic heterocycles. The summed E-state index contributed by atoms with van der Waals surface area (Å²) in [4.78, 5) is 0.0654. The van der Waals surface area contributed by atoms with Crippen molar-refractivity contribution in [2.24, 2.45) is 0 Å². The van der Waals surface area contributed by atoms with Crippen molar-refractivity contribution in [2.45, 2.75) is 4.90 Å². The van der Waals surface area contributed by atoms with Crippen molar-refractivity contribution in [3.63, 3.8) is 0 Å². The SMILES string of the molecule is CS(=O)(=O)c1ccc(Oc2c(F)cc(C#N)cc2F)cc1. The highest BCUT2D eigenvalue weighted by molar-refractivity contribution is 7.90. The van der Waals surface area contributed by atoms with Crippen molar-refractivity contribution in [2.75, 3.05) is 6.26 Å². The molecule has 7 heteroatoms. The Bertz CT molecular complexity index is 801. The molecule has 0 aromatic heterocycles.